The number of piperazine rings is 1. The highest BCUT2D eigenvalue weighted by Crippen LogP contribution is 2.29. The molecule has 1 saturated heterocycles. The lowest BCUT2D eigenvalue weighted by Crippen LogP contribution is -2.52. The Hall–Kier alpha value is -1.20. The molecule has 3 heterocycles. The molecule has 0 amide bonds. The Bertz CT molecular complexity index is 588. The molecule has 2 aliphatic heterocycles. The number of fused-ring (bicyclic) bond motifs is 1. The van der Waals surface area contributed by atoms with Gasteiger partial charge in [-0.15, -0.1) is 0 Å². The molecule has 1 saturated carbocycles. The van der Waals surface area contributed by atoms with Gasteiger partial charge in [-0.2, -0.15) is 0 Å². The van der Waals surface area contributed by atoms with Gasteiger partial charge in [-0.05, 0) is 25.2 Å². The van der Waals surface area contributed by atoms with Crippen molar-refractivity contribution in [3.63, 3.8) is 0 Å². The molecule has 5 nitrogen and oxygen atoms in total. The molecule has 3 aliphatic rings. The van der Waals surface area contributed by atoms with E-state index >= 15 is 0 Å². The number of nitrogens with zero attached hydrogens (tertiary/aromatic N) is 5. The summed E-state index contributed by atoms with van der Waals surface area (Å²) in [5.74, 6) is 2.04. The molecule has 0 radical (unpaired) electrons. The molecular weight excluding hydrogens is 322 g/mol. The maximum Gasteiger partial charge on any atom is 0.135 e. The number of hydrogen-bond donors (Lipinski definition) is 0. The summed E-state index contributed by atoms with van der Waals surface area (Å²) in [6.07, 6.45) is 9.71. The summed E-state index contributed by atoms with van der Waals surface area (Å²) in [5, 5.41) is 0. The molecule has 4 rings (SSSR count). The lowest BCUT2D eigenvalue weighted by Gasteiger charge is -2.44. The van der Waals surface area contributed by atoms with E-state index in [0.717, 1.165) is 44.6 Å². The predicted octanol–water partition coefficient (Wildman–Crippen LogP) is 2.95. The van der Waals surface area contributed by atoms with Crippen molar-refractivity contribution in [2.24, 2.45) is 5.92 Å². The van der Waals surface area contributed by atoms with Crippen molar-refractivity contribution in [3.05, 3.63) is 17.6 Å². The van der Waals surface area contributed by atoms with Crippen LogP contribution >= 0.6 is 0 Å². The van der Waals surface area contributed by atoms with Crippen LogP contribution in [0.3, 0.4) is 0 Å². The number of rotatable bonds is 6. The van der Waals surface area contributed by atoms with Gasteiger partial charge in [-0.3, -0.25) is 9.80 Å². The first-order valence-corrected chi connectivity index (χ1v) is 10.8. The number of aromatic nitrogens is 2. The summed E-state index contributed by atoms with van der Waals surface area (Å²) in [7, 11) is 0. The summed E-state index contributed by atoms with van der Waals surface area (Å²) in [6, 6.07) is 0.870. The van der Waals surface area contributed by atoms with Crippen molar-refractivity contribution in [3.8, 4) is 0 Å². The fraction of sp³-hybridized carbons (Fsp3) is 0.810. The van der Waals surface area contributed by atoms with Gasteiger partial charge in [-0.25, -0.2) is 9.97 Å². The fourth-order valence-corrected chi connectivity index (χ4v) is 4.78. The van der Waals surface area contributed by atoms with E-state index in [1.807, 2.05) is 0 Å². The van der Waals surface area contributed by atoms with Crippen LogP contribution in [-0.2, 0) is 13.0 Å². The van der Waals surface area contributed by atoms with Gasteiger partial charge in [0.15, 0.2) is 0 Å². The topological polar surface area (TPSA) is 35.5 Å². The minimum absolute atomic E-state index is 0.817. The molecule has 0 N–H and O–H groups in total. The molecule has 0 atom stereocenters. The van der Waals surface area contributed by atoms with Crippen LogP contribution in [0.25, 0.3) is 0 Å². The van der Waals surface area contributed by atoms with Gasteiger partial charge in [0.05, 0.1) is 5.69 Å². The summed E-state index contributed by atoms with van der Waals surface area (Å²) < 4.78 is 0. The summed E-state index contributed by atoms with van der Waals surface area (Å²) in [4.78, 5) is 17.2. The lowest BCUT2D eigenvalue weighted by atomic mass is 9.91. The zero-order chi connectivity index (χ0) is 17.9. The Balaban J connectivity index is 1.40. The van der Waals surface area contributed by atoms with E-state index in [1.165, 1.54) is 68.8 Å². The summed E-state index contributed by atoms with van der Waals surface area (Å²) >= 11 is 0. The van der Waals surface area contributed by atoms with Gasteiger partial charge in [0.25, 0.3) is 0 Å². The maximum atomic E-state index is 4.72. The molecule has 0 unspecified atom stereocenters. The molecule has 0 bridgehead atoms. The van der Waals surface area contributed by atoms with Crippen molar-refractivity contribution in [1.29, 1.82) is 0 Å². The minimum Gasteiger partial charge on any atom is -0.354 e. The zero-order valence-corrected chi connectivity index (χ0v) is 16.7. The highest BCUT2D eigenvalue weighted by atomic mass is 15.3. The molecule has 0 spiro atoms. The van der Waals surface area contributed by atoms with Crippen molar-refractivity contribution in [2.45, 2.75) is 65.0 Å². The second-order valence-electron chi connectivity index (χ2n) is 8.40. The average molecular weight is 358 g/mol. The molecule has 1 aromatic heterocycles. The Morgan fingerprint density at radius 3 is 2.46 bits per heavy atom. The Morgan fingerprint density at radius 2 is 1.81 bits per heavy atom. The quantitative estimate of drug-likeness (QED) is 0.782. The second kappa shape index (κ2) is 8.22. The predicted molar refractivity (Wildman–Crippen MR) is 107 cm³/mol. The summed E-state index contributed by atoms with van der Waals surface area (Å²) in [5.41, 5.74) is 2.69. The molecule has 1 aliphatic carbocycles. The normalized spacial score (nSPS) is 22.5. The van der Waals surface area contributed by atoms with E-state index in [1.54, 1.807) is 6.33 Å². The van der Waals surface area contributed by atoms with Gasteiger partial charge in [-0.1, -0.05) is 33.1 Å². The van der Waals surface area contributed by atoms with E-state index in [2.05, 4.69) is 33.5 Å². The average Bonchev–Trinajstić information content (AvgIpc) is 2.65. The van der Waals surface area contributed by atoms with E-state index in [-0.39, 0.29) is 0 Å². The van der Waals surface area contributed by atoms with E-state index < -0.39 is 0 Å². The SMILES string of the molecule is CCC(CC)CN1CCc2c(ncnc2N2CCN(C3CCC3)CC2)C1. The Labute approximate surface area is 158 Å². The molecule has 144 valence electrons. The van der Waals surface area contributed by atoms with Crippen molar-refractivity contribution in [1.82, 2.24) is 19.8 Å². The number of hydrogen-bond acceptors (Lipinski definition) is 5. The minimum atomic E-state index is 0.817. The van der Waals surface area contributed by atoms with Gasteiger partial charge in [0.1, 0.15) is 12.1 Å². The van der Waals surface area contributed by atoms with Gasteiger partial charge >= 0.3 is 0 Å². The molecular formula is C21H35N5. The van der Waals surface area contributed by atoms with E-state index in [4.69, 9.17) is 4.98 Å². The Morgan fingerprint density at radius 1 is 1.04 bits per heavy atom. The summed E-state index contributed by atoms with van der Waals surface area (Å²) in [6.45, 7) is 12.6. The van der Waals surface area contributed by atoms with Crippen molar-refractivity contribution < 1.29 is 0 Å². The highest BCUT2D eigenvalue weighted by molar-refractivity contribution is 5.50. The Kier molecular flexibility index (Phi) is 5.75. The monoisotopic (exact) mass is 357 g/mol. The maximum absolute atomic E-state index is 4.72. The molecule has 1 aromatic rings. The van der Waals surface area contributed by atoms with Crippen LogP contribution in [-0.4, -0.2) is 65.1 Å². The second-order valence-corrected chi connectivity index (χ2v) is 8.40. The van der Waals surface area contributed by atoms with Gasteiger partial charge < -0.3 is 4.90 Å². The van der Waals surface area contributed by atoms with Gasteiger partial charge in [0.2, 0.25) is 0 Å². The standard InChI is InChI=1S/C21H35N5/c1-3-17(4-2)14-24-9-8-19-20(15-24)22-16-23-21(19)26-12-10-25(11-13-26)18-6-5-7-18/h16-18H,3-15H2,1-2H3. The molecule has 0 aromatic carbocycles. The van der Waals surface area contributed by atoms with Crippen LogP contribution in [0, 0.1) is 5.92 Å². The van der Waals surface area contributed by atoms with Crippen LogP contribution in [0.1, 0.15) is 57.2 Å². The van der Waals surface area contributed by atoms with Gasteiger partial charge in [0, 0.05) is 57.4 Å². The molecule has 5 heteroatoms. The van der Waals surface area contributed by atoms with Crippen molar-refractivity contribution in [2.75, 3.05) is 44.2 Å². The smallest absolute Gasteiger partial charge is 0.135 e. The first-order valence-electron chi connectivity index (χ1n) is 10.8. The van der Waals surface area contributed by atoms with Crippen LogP contribution < -0.4 is 4.90 Å². The zero-order valence-electron chi connectivity index (χ0n) is 16.7. The largest absolute Gasteiger partial charge is 0.354 e. The van der Waals surface area contributed by atoms with E-state index in [9.17, 15) is 0 Å². The molecule has 26 heavy (non-hydrogen) atoms. The third-order valence-corrected chi connectivity index (χ3v) is 6.94. The van der Waals surface area contributed by atoms with E-state index in [0.29, 0.717) is 0 Å². The van der Waals surface area contributed by atoms with Crippen molar-refractivity contribution >= 4 is 5.82 Å². The van der Waals surface area contributed by atoms with Crippen LogP contribution in [0.2, 0.25) is 0 Å². The molecule has 2 fully saturated rings. The highest BCUT2D eigenvalue weighted by Gasteiger charge is 2.30. The first kappa shape index (κ1) is 18.2. The van der Waals surface area contributed by atoms with Crippen LogP contribution in [0.5, 0.6) is 0 Å². The fourth-order valence-electron chi connectivity index (χ4n) is 4.78. The van der Waals surface area contributed by atoms with Crippen LogP contribution in [0.4, 0.5) is 5.82 Å². The lowest BCUT2D eigenvalue weighted by molar-refractivity contribution is 0.120. The number of anilines is 1. The van der Waals surface area contributed by atoms with Crippen LogP contribution in [0.15, 0.2) is 6.33 Å². The third-order valence-electron chi connectivity index (χ3n) is 6.94. The third kappa shape index (κ3) is 3.74. The first-order chi connectivity index (χ1) is 12.8.